The molecule has 0 atom stereocenters. The molecule has 3 rings (SSSR count). The zero-order chi connectivity index (χ0) is 28.5. The van der Waals surface area contributed by atoms with Crippen molar-refractivity contribution in [3.8, 4) is 0 Å². The van der Waals surface area contributed by atoms with Gasteiger partial charge in [0.1, 0.15) is 13.2 Å². The monoisotopic (exact) mass is 530 g/mol. The smallest absolute Gasteiger partial charge is 0.339 e. The number of esters is 3. The van der Waals surface area contributed by atoms with Gasteiger partial charge in [-0.3, -0.25) is 14.4 Å². The minimum Gasteiger partial charge on any atom is -0.458 e. The molecular weight excluding hydrogens is 504 g/mol. The highest BCUT2D eigenvalue weighted by atomic mass is 16.6. The maximum atomic E-state index is 13.0. The number of Topliss-reactive ketones (excluding diaryl/α,β-unsaturated/α-hetero) is 3. The molecule has 0 heterocycles. The lowest BCUT2D eigenvalue weighted by molar-refractivity contribution is -0.0254. The molecule has 0 radical (unpaired) electrons. The molecule has 200 valence electrons. The molecule has 0 aliphatic heterocycles. The summed E-state index contributed by atoms with van der Waals surface area (Å²) in [5.41, 5.74) is 0.448. The van der Waals surface area contributed by atoms with Crippen LogP contribution in [0.4, 0.5) is 0 Å². The van der Waals surface area contributed by atoms with Gasteiger partial charge in [-0.05, 0) is 39.0 Å². The van der Waals surface area contributed by atoms with Crippen molar-refractivity contribution in [2.45, 2.75) is 26.9 Å². The number of hydrogen-bond acceptors (Lipinski definition) is 9. The SMILES string of the molecule is CC(=O)c1ccccc1C(=O)OCC(COC(=O)c1ccccc1C(C)=O)OC(=O)c1ccccc1C(C)=O. The average molecular weight is 531 g/mol. The molecule has 0 amide bonds. The van der Waals surface area contributed by atoms with E-state index in [2.05, 4.69) is 0 Å². The van der Waals surface area contributed by atoms with Crippen molar-refractivity contribution in [3.63, 3.8) is 0 Å². The topological polar surface area (TPSA) is 130 Å². The van der Waals surface area contributed by atoms with Gasteiger partial charge in [0.2, 0.25) is 0 Å². The Morgan fingerprint density at radius 2 is 0.769 bits per heavy atom. The third-order valence-electron chi connectivity index (χ3n) is 5.65. The summed E-state index contributed by atoms with van der Waals surface area (Å²) in [4.78, 5) is 74.2. The van der Waals surface area contributed by atoms with Crippen LogP contribution in [-0.4, -0.2) is 54.6 Å². The molecule has 0 aromatic heterocycles. The fraction of sp³-hybridized carbons (Fsp3) is 0.200. The van der Waals surface area contributed by atoms with Gasteiger partial charge in [0.25, 0.3) is 0 Å². The van der Waals surface area contributed by atoms with E-state index in [4.69, 9.17) is 14.2 Å². The first-order valence-corrected chi connectivity index (χ1v) is 11.9. The Balaban J connectivity index is 1.81. The number of ketones is 3. The number of carbonyl (C=O) groups is 6. The van der Waals surface area contributed by atoms with E-state index in [0.29, 0.717) is 0 Å². The second-order valence-electron chi connectivity index (χ2n) is 8.53. The van der Waals surface area contributed by atoms with E-state index in [1.807, 2.05) is 0 Å². The van der Waals surface area contributed by atoms with Crippen LogP contribution in [-0.2, 0) is 14.2 Å². The van der Waals surface area contributed by atoms with Crippen molar-refractivity contribution in [2.75, 3.05) is 13.2 Å². The maximum absolute atomic E-state index is 13.0. The van der Waals surface area contributed by atoms with Gasteiger partial charge in [-0.1, -0.05) is 54.6 Å². The molecule has 0 spiro atoms. The van der Waals surface area contributed by atoms with Gasteiger partial charge in [-0.25, -0.2) is 14.4 Å². The zero-order valence-corrected chi connectivity index (χ0v) is 21.6. The van der Waals surface area contributed by atoms with Crippen LogP contribution in [0, 0.1) is 0 Å². The van der Waals surface area contributed by atoms with Gasteiger partial charge in [0.05, 0.1) is 16.7 Å². The molecule has 0 N–H and O–H groups in total. The van der Waals surface area contributed by atoms with Crippen LogP contribution in [0.2, 0.25) is 0 Å². The number of rotatable bonds is 11. The first-order chi connectivity index (χ1) is 18.6. The molecule has 0 saturated heterocycles. The Kier molecular flexibility index (Phi) is 9.58. The normalized spacial score (nSPS) is 10.5. The van der Waals surface area contributed by atoms with Gasteiger partial charge in [-0.15, -0.1) is 0 Å². The highest BCUT2D eigenvalue weighted by Crippen LogP contribution is 2.16. The zero-order valence-electron chi connectivity index (χ0n) is 21.6. The lowest BCUT2D eigenvalue weighted by Gasteiger charge is -2.19. The third kappa shape index (κ3) is 7.32. The summed E-state index contributed by atoms with van der Waals surface area (Å²) in [5, 5.41) is 0. The van der Waals surface area contributed by atoms with Crippen LogP contribution in [0.1, 0.15) is 82.9 Å². The summed E-state index contributed by atoms with van der Waals surface area (Å²) in [6.07, 6.45) is -1.28. The molecule has 3 aromatic rings. The van der Waals surface area contributed by atoms with Crippen molar-refractivity contribution >= 4 is 35.3 Å². The van der Waals surface area contributed by atoms with Crippen molar-refractivity contribution < 1.29 is 43.0 Å². The van der Waals surface area contributed by atoms with Gasteiger partial charge in [-0.2, -0.15) is 0 Å². The molecule has 0 bridgehead atoms. The molecule has 3 aromatic carbocycles. The predicted octanol–water partition coefficient (Wildman–Crippen LogP) is 4.53. The largest absolute Gasteiger partial charge is 0.458 e. The summed E-state index contributed by atoms with van der Waals surface area (Å²) in [7, 11) is 0. The second-order valence-corrected chi connectivity index (χ2v) is 8.53. The van der Waals surface area contributed by atoms with Crippen molar-refractivity contribution in [3.05, 3.63) is 106 Å². The average Bonchev–Trinajstić information content (AvgIpc) is 2.93. The van der Waals surface area contributed by atoms with Crippen molar-refractivity contribution in [1.82, 2.24) is 0 Å². The van der Waals surface area contributed by atoms with E-state index in [0.717, 1.165) is 0 Å². The molecular formula is C30H26O9. The Morgan fingerprint density at radius 1 is 0.487 bits per heavy atom. The molecule has 0 unspecified atom stereocenters. The van der Waals surface area contributed by atoms with E-state index in [1.165, 1.54) is 57.2 Å². The van der Waals surface area contributed by atoms with E-state index in [-0.39, 0.29) is 50.7 Å². The summed E-state index contributed by atoms with van der Waals surface area (Å²) >= 11 is 0. The molecule has 0 aliphatic rings. The van der Waals surface area contributed by atoms with Crippen LogP contribution in [0.25, 0.3) is 0 Å². The van der Waals surface area contributed by atoms with E-state index >= 15 is 0 Å². The molecule has 0 saturated carbocycles. The summed E-state index contributed by atoms with van der Waals surface area (Å²) in [6.45, 7) is 2.86. The quantitative estimate of drug-likeness (QED) is 0.199. The van der Waals surface area contributed by atoms with Crippen molar-refractivity contribution in [1.29, 1.82) is 0 Å². The summed E-state index contributed by atoms with van der Waals surface area (Å²) in [5.74, 6) is -3.64. The highest BCUT2D eigenvalue weighted by molar-refractivity contribution is 6.07. The molecule has 9 nitrogen and oxygen atoms in total. The lowest BCUT2D eigenvalue weighted by Crippen LogP contribution is -2.31. The first-order valence-electron chi connectivity index (χ1n) is 11.9. The van der Waals surface area contributed by atoms with Crippen molar-refractivity contribution in [2.24, 2.45) is 0 Å². The number of hydrogen-bond donors (Lipinski definition) is 0. The predicted molar refractivity (Wildman–Crippen MR) is 139 cm³/mol. The van der Waals surface area contributed by atoms with Crippen LogP contribution >= 0.6 is 0 Å². The van der Waals surface area contributed by atoms with E-state index < -0.39 is 37.2 Å². The van der Waals surface area contributed by atoms with Gasteiger partial charge < -0.3 is 14.2 Å². The van der Waals surface area contributed by atoms with Crippen LogP contribution in [0.15, 0.2) is 72.8 Å². The van der Waals surface area contributed by atoms with Crippen LogP contribution < -0.4 is 0 Å². The summed E-state index contributed by atoms with van der Waals surface area (Å²) in [6, 6.07) is 18.1. The Morgan fingerprint density at radius 3 is 1.08 bits per heavy atom. The Labute approximate surface area is 224 Å². The lowest BCUT2D eigenvalue weighted by atomic mass is 10.0. The maximum Gasteiger partial charge on any atom is 0.339 e. The highest BCUT2D eigenvalue weighted by Gasteiger charge is 2.25. The number of benzene rings is 3. The Bertz CT molecular complexity index is 1360. The molecule has 0 fully saturated rings. The van der Waals surface area contributed by atoms with E-state index in [9.17, 15) is 28.8 Å². The summed E-state index contributed by atoms with van der Waals surface area (Å²) < 4.78 is 16.1. The minimum atomic E-state index is -1.28. The molecule has 39 heavy (non-hydrogen) atoms. The van der Waals surface area contributed by atoms with E-state index in [1.54, 1.807) is 36.4 Å². The third-order valence-corrected chi connectivity index (χ3v) is 5.65. The number of ether oxygens (including phenoxy) is 3. The van der Waals surface area contributed by atoms with Crippen LogP contribution in [0.3, 0.4) is 0 Å². The first kappa shape index (κ1) is 28.6. The second kappa shape index (κ2) is 13.0. The van der Waals surface area contributed by atoms with Gasteiger partial charge >= 0.3 is 17.9 Å². The minimum absolute atomic E-state index is 0.0171. The fourth-order valence-corrected chi connectivity index (χ4v) is 3.73. The van der Waals surface area contributed by atoms with Crippen LogP contribution in [0.5, 0.6) is 0 Å². The Hall–Kier alpha value is -4.92. The molecule has 9 heteroatoms. The van der Waals surface area contributed by atoms with Gasteiger partial charge in [0.15, 0.2) is 23.5 Å². The standard InChI is InChI=1S/C30H26O9/c1-18(31)22-10-4-7-13-25(22)28(34)37-16-21(39-30(36)27-15-9-6-12-24(27)20(3)33)17-38-29(35)26-14-8-5-11-23(26)19(2)32/h4-15,21H,16-17H2,1-3H3. The molecule has 0 aliphatic carbocycles. The fourth-order valence-electron chi connectivity index (χ4n) is 3.73. The van der Waals surface area contributed by atoms with Gasteiger partial charge in [0, 0.05) is 16.7 Å². The number of carbonyl (C=O) groups excluding carboxylic acids is 6.